The van der Waals surface area contributed by atoms with Crippen molar-refractivity contribution in [2.75, 3.05) is 13.2 Å². The molecule has 1 aliphatic rings. The van der Waals surface area contributed by atoms with E-state index in [0.29, 0.717) is 0 Å². The maximum Gasteiger partial charge on any atom is 0.104 e. The van der Waals surface area contributed by atoms with E-state index in [2.05, 4.69) is 5.32 Å². The first-order valence-corrected chi connectivity index (χ1v) is 4.62. The zero-order chi connectivity index (χ0) is 8.10. The average molecular weight is 159 g/mol. The number of rotatable bonds is 4. The van der Waals surface area contributed by atoms with E-state index in [1.165, 1.54) is 25.7 Å². The van der Waals surface area contributed by atoms with Crippen LogP contribution >= 0.6 is 0 Å². The first kappa shape index (κ1) is 8.98. The molecule has 1 nitrogen and oxygen atoms in total. The molecule has 0 aromatic rings. The highest BCUT2D eigenvalue weighted by Crippen LogP contribution is 2.23. The number of hydrogen-bond acceptors (Lipinski definition) is 1. The second-order valence-electron chi connectivity index (χ2n) is 3.61. The topological polar surface area (TPSA) is 12.0 Å². The lowest BCUT2D eigenvalue weighted by Gasteiger charge is -2.13. The van der Waals surface area contributed by atoms with Crippen molar-refractivity contribution in [3.05, 3.63) is 0 Å². The third-order valence-corrected chi connectivity index (χ3v) is 2.46. The van der Waals surface area contributed by atoms with E-state index >= 15 is 0 Å². The minimum absolute atomic E-state index is 0.0515. The lowest BCUT2D eigenvalue weighted by atomic mass is 10.1. The second-order valence-corrected chi connectivity index (χ2v) is 3.61. The molecule has 0 radical (unpaired) electrons. The minimum Gasteiger partial charge on any atom is -0.311 e. The predicted molar refractivity (Wildman–Crippen MR) is 45.4 cm³/mol. The molecule has 1 atom stereocenters. The molecule has 1 fully saturated rings. The minimum atomic E-state index is -0.243. The molecular formula is C9H18FN. The van der Waals surface area contributed by atoms with Gasteiger partial charge in [0.25, 0.3) is 0 Å². The maximum atomic E-state index is 12.0. The summed E-state index contributed by atoms with van der Waals surface area (Å²) < 4.78 is 12.0. The van der Waals surface area contributed by atoms with Gasteiger partial charge in [-0.05, 0) is 32.2 Å². The van der Waals surface area contributed by atoms with Crippen LogP contribution in [-0.4, -0.2) is 19.3 Å². The second kappa shape index (κ2) is 4.70. The van der Waals surface area contributed by atoms with Crippen LogP contribution in [0.25, 0.3) is 0 Å². The molecule has 1 rings (SSSR count). The van der Waals surface area contributed by atoms with Gasteiger partial charge < -0.3 is 5.32 Å². The quantitative estimate of drug-likeness (QED) is 0.662. The van der Waals surface area contributed by atoms with E-state index in [-0.39, 0.29) is 12.7 Å². The molecule has 0 aromatic heterocycles. The van der Waals surface area contributed by atoms with Crippen molar-refractivity contribution in [3.8, 4) is 0 Å². The van der Waals surface area contributed by atoms with Gasteiger partial charge in [-0.3, -0.25) is 0 Å². The Labute approximate surface area is 68.4 Å². The van der Waals surface area contributed by atoms with Gasteiger partial charge in [-0.25, -0.2) is 4.39 Å². The highest BCUT2D eigenvalue weighted by atomic mass is 19.1. The van der Waals surface area contributed by atoms with Gasteiger partial charge in [-0.15, -0.1) is 0 Å². The summed E-state index contributed by atoms with van der Waals surface area (Å²) in [6.07, 6.45) is 5.42. The molecule has 0 aromatic carbocycles. The Kier molecular flexibility index (Phi) is 3.84. The Hall–Kier alpha value is -0.110. The first-order valence-electron chi connectivity index (χ1n) is 4.62. The Morgan fingerprint density at radius 3 is 2.64 bits per heavy atom. The van der Waals surface area contributed by atoms with Gasteiger partial charge in [0.05, 0.1) is 0 Å². The molecule has 0 aliphatic heterocycles. The highest BCUT2D eigenvalue weighted by Gasteiger charge is 2.14. The molecule has 2 heteroatoms. The van der Waals surface area contributed by atoms with Crippen LogP contribution in [0, 0.1) is 5.92 Å². The molecule has 1 N–H and O–H groups in total. The van der Waals surface area contributed by atoms with Gasteiger partial charge in [0, 0.05) is 6.04 Å². The van der Waals surface area contributed by atoms with Crippen LogP contribution in [0.15, 0.2) is 0 Å². The zero-order valence-electron chi connectivity index (χ0n) is 7.28. The normalized spacial score (nSPS) is 22.4. The summed E-state index contributed by atoms with van der Waals surface area (Å²) in [6, 6.07) is 0.0515. The molecular weight excluding hydrogens is 141 g/mol. The van der Waals surface area contributed by atoms with Crippen LogP contribution < -0.4 is 5.32 Å². The van der Waals surface area contributed by atoms with Gasteiger partial charge in [-0.1, -0.05) is 12.8 Å². The lowest BCUT2D eigenvalue weighted by molar-refractivity contribution is 0.367. The summed E-state index contributed by atoms with van der Waals surface area (Å²) in [5.74, 6) is 0.823. The Morgan fingerprint density at radius 1 is 1.45 bits per heavy atom. The van der Waals surface area contributed by atoms with Gasteiger partial charge in [0.1, 0.15) is 6.67 Å². The van der Waals surface area contributed by atoms with Gasteiger partial charge in [0.15, 0.2) is 0 Å². The molecule has 0 saturated heterocycles. The van der Waals surface area contributed by atoms with Crippen molar-refractivity contribution in [1.82, 2.24) is 5.32 Å². The van der Waals surface area contributed by atoms with Crippen molar-refractivity contribution in [3.63, 3.8) is 0 Å². The molecule has 66 valence electrons. The SMILES string of the molecule is CC(CF)NCC1CCCC1. The van der Waals surface area contributed by atoms with E-state index in [1.54, 1.807) is 0 Å². The average Bonchev–Trinajstić information content (AvgIpc) is 2.52. The van der Waals surface area contributed by atoms with Crippen molar-refractivity contribution < 1.29 is 4.39 Å². The largest absolute Gasteiger partial charge is 0.311 e. The summed E-state index contributed by atoms with van der Waals surface area (Å²) >= 11 is 0. The zero-order valence-corrected chi connectivity index (χ0v) is 7.28. The van der Waals surface area contributed by atoms with E-state index in [4.69, 9.17) is 0 Å². The van der Waals surface area contributed by atoms with E-state index < -0.39 is 0 Å². The number of alkyl halides is 1. The van der Waals surface area contributed by atoms with Crippen molar-refractivity contribution in [2.24, 2.45) is 5.92 Å². The summed E-state index contributed by atoms with van der Waals surface area (Å²) in [5.41, 5.74) is 0. The van der Waals surface area contributed by atoms with Crippen LogP contribution in [0.4, 0.5) is 4.39 Å². The predicted octanol–water partition coefficient (Wildman–Crippen LogP) is 2.12. The van der Waals surface area contributed by atoms with Crippen molar-refractivity contribution >= 4 is 0 Å². The maximum absolute atomic E-state index is 12.0. The standard InChI is InChI=1S/C9H18FN/c1-8(6-10)11-7-9-4-2-3-5-9/h8-9,11H,2-7H2,1H3. The van der Waals surface area contributed by atoms with Crippen LogP contribution in [0.2, 0.25) is 0 Å². The van der Waals surface area contributed by atoms with Crippen molar-refractivity contribution in [2.45, 2.75) is 38.6 Å². The van der Waals surface area contributed by atoms with Crippen molar-refractivity contribution in [1.29, 1.82) is 0 Å². The number of nitrogens with one attached hydrogen (secondary N) is 1. The van der Waals surface area contributed by atoms with Crippen LogP contribution in [0.5, 0.6) is 0 Å². The first-order chi connectivity index (χ1) is 5.33. The molecule has 0 heterocycles. The van der Waals surface area contributed by atoms with E-state index in [0.717, 1.165) is 12.5 Å². The third-order valence-electron chi connectivity index (χ3n) is 2.46. The van der Waals surface area contributed by atoms with Gasteiger partial charge in [-0.2, -0.15) is 0 Å². The fourth-order valence-electron chi connectivity index (χ4n) is 1.64. The molecule has 0 spiro atoms. The summed E-state index contributed by atoms with van der Waals surface area (Å²) in [4.78, 5) is 0. The Bertz CT molecular complexity index is 99.7. The van der Waals surface area contributed by atoms with E-state index in [9.17, 15) is 4.39 Å². The van der Waals surface area contributed by atoms with Gasteiger partial charge >= 0.3 is 0 Å². The smallest absolute Gasteiger partial charge is 0.104 e. The fraction of sp³-hybridized carbons (Fsp3) is 1.00. The Morgan fingerprint density at radius 2 is 2.09 bits per heavy atom. The van der Waals surface area contributed by atoms with Crippen LogP contribution in [0.1, 0.15) is 32.6 Å². The summed E-state index contributed by atoms with van der Waals surface area (Å²) in [7, 11) is 0. The molecule has 1 unspecified atom stereocenters. The summed E-state index contributed by atoms with van der Waals surface area (Å²) in [5, 5.41) is 3.20. The van der Waals surface area contributed by atoms with Gasteiger partial charge in [0.2, 0.25) is 0 Å². The molecule has 1 saturated carbocycles. The third kappa shape index (κ3) is 3.19. The molecule has 0 bridgehead atoms. The Balaban J connectivity index is 2.01. The van der Waals surface area contributed by atoms with E-state index in [1.807, 2.05) is 6.92 Å². The summed E-state index contributed by atoms with van der Waals surface area (Å²) in [6.45, 7) is 2.67. The molecule has 1 aliphatic carbocycles. The monoisotopic (exact) mass is 159 g/mol. The number of halogens is 1. The van der Waals surface area contributed by atoms with Crippen LogP contribution in [-0.2, 0) is 0 Å². The lowest BCUT2D eigenvalue weighted by Crippen LogP contribution is -2.31. The fourth-order valence-corrected chi connectivity index (χ4v) is 1.64. The molecule has 0 amide bonds. The number of hydrogen-bond donors (Lipinski definition) is 1. The van der Waals surface area contributed by atoms with Crippen LogP contribution in [0.3, 0.4) is 0 Å². The highest BCUT2D eigenvalue weighted by molar-refractivity contribution is 4.71. The molecule has 11 heavy (non-hydrogen) atoms.